The lowest BCUT2D eigenvalue weighted by atomic mass is 9.74. The summed E-state index contributed by atoms with van der Waals surface area (Å²) in [7, 11) is 0. The van der Waals surface area contributed by atoms with Gasteiger partial charge in [-0.1, -0.05) is 32.9 Å². The van der Waals surface area contributed by atoms with Gasteiger partial charge in [0.2, 0.25) is 0 Å². The number of carbonyl (C=O) groups is 1. The third-order valence-electron chi connectivity index (χ3n) is 6.51. The fourth-order valence-corrected chi connectivity index (χ4v) is 6.11. The first-order chi connectivity index (χ1) is 13.8. The van der Waals surface area contributed by atoms with Gasteiger partial charge in [-0.05, 0) is 104 Å². The molecule has 0 atom stereocenters. The van der Waals surface area contributed by atoms with E-state index in [1.807, 2.05) is 0 Å². The number of aryl methyl sites for hydroxylation is 4. The van der Waals surface area contributed by atoms with Crippen molar-refractivity contribution < 1.29 is 4.79 Å². The maximum absolute atomic E-state index is 13.2. The zero-order valence-electron chi connectivity index (χ0n) is 18.9. The van der Waals surface area contributed by atoms with Gasteiger partial charge in [0, 0.05) is 11.3 Å². The van der Waals surface area contributed by atoms with Crippen LogP contribution in [0.4, 0.5) is 0 Å². The molecule has 0 spiro atoms. The molecule has 0 saturated carbocycles. The van der Waals surface area contributed by atoms with E-state index in [1.165, 1.54) is 44.7 Å². The summed E-state index contributed by atoms with van der Waals surface area (Å²) in [4.78, 5) is 15.6. The fraction of sp³-hybridized carbons (Fsp3) is 0.577. The maximum atomic E-state index is 13.2. The largest absolute Gasteiger partial charge is 0.330 e. The van der Waals surface area contributed by atoms with Gasteiger partial charge in [-0.25, -0.2) is 0 Å². The first-order valence-electron chi connectivity index (χ1n) is 11.2. The van der Waals surface area contributed by atoms with Gasteiger partial charge in [0.25, 0.3) is 0 Å². The molecular formula is C26H37NOS. The highest BCUT2D eigenvalue weighted by molar-refractivity contribution is 7.14. The van der Waals surface area contributed by atoms with Gasteiger partial charge in [0.1, 0.15) is 0 Å². The molecule has 0 unspecified atom stereocenters. The Morgan fingerprint density at radius 1 is 1.14 bits per heavy atom. The number of fused-ring (bicyclic) bond motifs is 1. The standard InChI is InChI=1S/C26H37NOS/c1-6-24-22-16-26(4,5)12-11-21(22)25(29-24)23(28)10-9-19-14-17(2)20(8-7-13-27)18(3)15-19/h14-15H,6-13,16,27H2,1-5H3. The Morgan fingerprint density at radius 3 is 2.45 bits per heavy atom. The summed E-state index contributed by atoms with van der Waals surface area (Å²) in [5.74, 6) is 0.341. The minimum Gasteiger partial charge on any atom is -0.330 e. The molecule has 0 radical (unpaired) electrons. The van der Waals surface area contributed by atoms with E-state index in [4.69, 9.17) is 5.73 Å². The summed E-state index contributed by atoms with van der Waals surface area (Å²) < 4.78 is 0. The van der Waals surface area contributed by atoms with Gasteiger partial charge in [-0.2, -0.15) is 0 Å². The summed E-state index contributed by atoms with van der Waals surface area (Å²) in [6.07, 6.45) is 7.93. The Morgan fingerprint density at radius 2 is 1.83 bits per heavy atom. The Labute approximate surface area is 180 Å². The SMILES string of the molecule is CCc1sc(C(=O)CCc2cc(C)c(CCCN)c(C)c2)c2c1CC(C)(C)CC2. The van der Waals surface area contributed by atoms with Crippen molar-refractivity contribution in [1.82, 2.24) is 0 Å². The summed E-state index contributed by atoms with van der Waals surface area (Å²) >= 11 is 1.78. The molecule has 1 heterocycles. The van der Waals surface area contributed by atoms with Crippen LogP contribution in [0.5, 0.6) is 0 Å². The molecule has 2 N–H and O–H groups in total. The summed E-state index contributed by atoms with van der Waals surface area (Å²) in [6, 6.07) is 4.55. The lowest BCUT2D eigenvalue weighted by molar-refractivity contribution is 0.0985. The van der Waals surface area contributed by atoms with E-state index in [0.29, 0.717) is 17.6 Å². The number of rotatable bonds is 8. The Balaban J connectivity index is 1.74. The van der Waals surface area contributed by atoms with Crippen LogP contribution in [0.15, 0.2) is 12.1 Å². The van der Waals surface area contributed by atoms with Crippen LogP contribution in [0.2, 0.25) is 0 Å². The quantitative estimate of drug-likeness (QED) is 0.529. The van der Waals surface area contributed by atoms with Crippen LogP contribution >= 0.6 is 11.3 Å². The zero-order valence-corrected chi connectivity index (χ0v) is 19.7. The average molecular weight is 412 g/mol. The highest BCUT2D eigenvalue weighted by Crippen LogP contribution is 2.42. The Kier molecular flexibility index (Phi) is 7.01. The molecule has 1 aromatic carbocycles. The average Bonchev–Trinajstić information content (AvgIpc) is 3.02. The maximum Gasteiger partial charge on any atom is 0.173 e. The van der Waals surface area contributed by atoms with E-state index in [-0.39, 0.29) is 0 Å². The molecule has 2 nitrogen and oxygen atoms in total. The number of thiophene rings is 1. The van der Waals surface area contributed by atoms with Gasteiger partial charge >= 0.3 is 0 Å². The van der Waals surface area contributed by atoms with Crippen molar-refractivity contribution in [3.05, 3.63) is 55.3 Å². The van der Waals surface area contributed by atoms with E-state index >= 15 is 0 Å². The topological polar surface area (TPSA) is 43.1 Å². The number of hydrogen-bond donors (Lipinski definition) is 1. The monoisotopic (exact) mass is 411 g/mol. The predicted molar refractivity (Wildman–Crippen MR) is 125 cm³/mol. The van der Waals surface area contributed by atoms with Crippen LogP contribution in [-0.2, 0) is 32.1 Å². The van der Waals surface area contributed by atoms with Crippen molar-refractivity contribution in [3.8, 4) is 0 Å². The highest BCUT2D eigenvalue weighted by Gasteiger charge is 2.31. The zero-order chi connectivity index (χ0) is 21.2. The van der Waals surface area contributed by atoms with E-state index in [9.17, 15) is 4.79 Å². The predicted octanol–water partition coefficient (Wildman–Crippen LogP) is 6.15. The minimum atomic E-state index is 0.341. The number of hydrogen-bond acceptors (Lipinski definition) is 3. The second-order valence-corrected chi connectivity index (χ2v) is 10.6. The molecule has 29 heavy (non-hydrogen) atoms. The summed E-state index contributed by atoms with van der Waals surface area (Å²) in [5.41, 5.74) is 14.3. The van der Waals surface area contributed by atoms with Crippen LogP contribution in [0, 0.1) is 19.3 Å². The first kappa shape index (κ1) is 22.2. The summed E-state index contributed by atoms with van der Waals surface area (Å²) in [5, 5.41) is 0. The third-order valence-corrected chi connectivity index (χ3v) is 7.97. The second kappa shape index (κ2) is 9.14. The molecule has 0 fully saturated rings. The first-order valence-corrected chi connectivity index (χ1v) is 12.0. The number of ketones is 1. The van der Waals surface area contributed by atoms with Crippen molar-refractivity contribution >= 4 is 17.1 Å². The Bertz CT molecular complexity index is 867. The van der Waals surface area contributed by atoms with Crippen molar-refractivity contribution in [1.29, 1.82) is 0 Å². The molecule has 3 rings (SSSR count). The minimum absolute atomic E-state index is 0.341. The number of benzene rings is 1. The van der Waals surface area contributed by atoms with E-state index < -0.39 is 0 Å². The van der Waals surface area contributed by atoms with Crippen molar-refractivity contribution in [2.24, 2.45) is 11.1 Å². The molecule has 0 aliphatic heterocycles. The van der Waals surface area contributed by atoms with Crippen molar-refractivity contribution in [3.63, 3.8) is 0 Å². The van der Waals surface area contributed by atoms with Crippen LogP contribution in [0.3, 0.4) is 0 Å². The summed E-state index contributed by atoms with van der Waals surface area (Å²) in [6.45, 7) is 12.0. The number of carbonyl (C=O) groups excluding carboxylic acids is 1. The molecule has 2 aromatic rings. The molecule has 0 amide bonds. The van der Waals surface area contributed by atoms with E-state index in [1.54, 1.807) is 11.3 Å². The molecular weight excluding hydrogens is 374 g/mol. The van der Waals surface area contributed by atoms with E-state index in [2.05, 4.69) is 46.8 Å². The molecule has 0 bridgehead atoms. The smallest absolute Gasteiger partial charge is 0.173 e. The number of Topliss-reactive ketones (excluding diaryl/α,β-unsaturated/α-hetero) is 1. The van der Waals surface area contributed by atoms with Gasteiger partial charge in [-0.3, -0.25) is 4.79 Å². The lowest BCUT2D eigenvalue weighted by Gasteiger charge is -2.30. The van der Waals surface area contributed by atoms with Crippen molar-refractivity contribution in [2.45, 2.75) is 86.0 Å². The van der Waals surface area contributed by atoms with Crippen LogP contribution in [0.25, 0.3) is 0 Å². The van der Waals surface area contributed by atoms with E-state index in [0.717, 1.165) is 49.9 Å². The van der Waals surface area contributed by atoms with Gasteiger partial charge < -0.3 is 5.73 Å². The van der Waals surface area contributed by atoms with Gasteiger partial charge in [0.05, 0.1) is 4.88 Å². The highest BCUT2D eigenvalue weighted by atomic mass is 32.1. The fourth-order valence-electron chi connectivity index (χ4n) is 4.83. The van der Waals surface area contributed by atoms with Crippen molar-refractivity contribution in [2.75, 3.05) is 6.54 Å². The lowest BCUT2D eigenvalue weighted by Crippen LogP contribution is -2.22. The molecule has 158 valence electrons. The molecule has 1 aromatic heterocycles. The second-order valence-electron chi connectivity index (χ2n) is 9.53. The molecule has 1 aliphatic carbocycles. The van der Waals surface area contributed by atoms with Crippen LogP contribution in [0.1, 0.15) is 88.0 Å². The van der Waals surface area contributed by atoms with Crippen LogP contribution in [-0.4, -0.2) is 12.3 Å². The number of nitrogens with two attached hydrogens (primary N) is 1. The van der Waals surface area contributed by atoms with Crippen LogP contribution < -0.4 is 5.73 Å². The Hall–Kier alpha value is -1.45. The van der Waals surface area contributed by atoms with Gasteiger partial charge in [-0.15, -0.1) is 11.3 Å². The third kappa shape index (κ3) is 5.00. The molecule has 1 aliphatic rings. The van der Waals surface area contributed by atoms with Gasteiger partial charge in [0.15, 0.2) is 5.78 Å². The molecule has 0 saturated heterocycles. The molecule has 3 heteroatoms. The normalized spacial score (nSPS) is 15.4.